The van der Waals surface area contributed by atoms with Crippen molar-refractivity contribution in [1.29, 1.82) is 0 Å². The first-order valence-electron chi connectivity index (χ1n) is 5.08. The number of thiophene rings is 1. The number of rotatable bonds is 4. The van der Waals surface area contributed by atoms with E-state index in [9.17, 15) is 0 Å². The number of halogens is 1. The minimum absolute atomic E-state index is 0.670. The van der Waals surface area contributed by atoms with Gasteiger partial charge in [-0.15, -0.1) is 11.3 Å². The van der Waals surface area contributed by atoms with Crippen molar-refractivity contribution in [2.24, 2.45) is 7.05 Å². The Balaban J connectivity index is 1.89. The molecule has 0 aliphatic rings. The van der Waals surface area contributed by atoms with Gasteiger partial charge in [-0.05, 0) is 23.9 Å². The van der Waals surface area contributed by atoms with E-state index >= 15 is 0 Å². The zero-order valence-corrected chi connectivity index (χ0v) is 10.9. The van der Waals surface area contributed by atoms with E-state index < -0.39 is 0 Å². The molecule has 0 unspecified atom stereocenters. The summed E-state index contributed by atoms with van der Waals surface area (Å²) in [5.41, 5.74) is 1.34. The minimum Gasteiger partial charge on any atom is -0.321 e. The molecule has 1 N–H and O–H groups in total. The van der Waals surface area contributed by atoms with Crippen LogP contribution in [0, 0.1) is 6.92 Å². The van der Waals surface area contributed by atoms with Crippen molar-refractivity contribution in [2.75, 3.05) is 0 Å². The summed E-state index contributed by atoms with van der Waals surface area (Å²) in [6, 6.07) is 2.14. The number of nitrogens with zero attached hydrogens (tertiary/aromatic N) is 2. The van der Waals surface area contributed by atoms with Crippen LogP contribution in [0.25, 0.3) is 0 Å². The van der Waals surface area contributed by atoms with Gasteiger partial charge < -0.3 is 9.88 Å². The lowest BCUT2D eigenvalue weighted by atomic mass is 10.3. The summed E-state index contributed by atoms with van der Waals surface area (Å²) in [5.74, 6) is 0.958. The molecule has 0 fully saturated rings. The molecule has 0 saturated heterocycles. The zero-order chi connectivity index (χ0) is 11.5. The van der Waals surface area contributed by atoms with Crippen LogP contribution < -0.4 is 5.32 Å². The third kappa shape index (κ3) is 2.45. The van der Waals surface area contributed by atoms with E-state index in [0.717, 1.165) is 18.9 Å². The van der Waals surface area contributed by atoms with Crippen molar-refractivity contribution in [3.05, 3.63) is 39.1 Å². The van der Waals surface area contributed by atoms with Gasteiger partial charge in [0.25, 0.3) is 0 Å². The molecule has 5 heteroatoms. The molecule has 16 heavy (non-hydrogen) atoms. The highest BCUT2D eigenvalue weighted by Gasteiger charge is 2.04. The summed E-state index contributed by atoms with van der Waals surface area (Å²) in [5, 5.41) is 6.15. The first kappa shape index (κ1) is 11.6. The molecule has 0 aliphatic heterocycles. The van der Waals surface area contributed by atoms with Crippen LogP contribution in [0.1, 0.15) is 16.3 Å². The van der Waals surface area contributed by atoms with Crippen LogP contribution in [-0.2, 0) is 20.1 Å². The van der Waals surface area contributed by atoms with Gasteiger partial charge in [-0.25, -0.2) is 4.98 Å². The molecule has 0 amide bonds. The first-order valence-corrected chi connectivity index (χ1v) is 6.34. The lowest BCUT2D eigenvalue weighted by Gasteiger charge is -2.04. The molecule has 0 saturated carbocycles. The van der Waals surface area contributed by atoms with Gasteiger partial charge in [0.15, 0.2) is 0 Å². The monoisotopic (exact) mass is 255 g/mol. The standard InChI is InChI=1S/C11H14ClN3S/c1-8-3-4-16-9(8)5-13-7-11-14-6-10(12)15(11)2/h3-4,6,13H,5,7H2,1-2H3. The van der Waals surface area contributed by atoms with Crippen LogP contribution in [-0.4, -0.2) is 9.55 Å². The van der Waals surface area contributed by atoms with Crippen molar-refractivity contribution in [3.63, 3.8) is 0 Å². The second-order valence-corrected chi connectivity index (χ2v) is 5.07. The summed E-state index contributed by atoms with van der Waals surface area (Å²) in [7, 11) is 1.92. The summed E-state index contributed by atoms with van der Waals surface area (Å²) in [6.45, 7) is 3.75. The van der Waals surface area contributed by atoms with E-state index in [-0.39, 0.29) is 0 Å². The predicted molar refractivity (Wildman–Crippen MR) is 67.8 cm³/mol. The third-order valence-corrected chi connectivity index (χ3v) is 3.94. The number of hydrogen-bond donors (Lipinski definition) is 1. The Kier molecular flexibility index (Phi) is 3.63. The average Bonchev–Trinajstić information content (AvgIpc) is 2.80. The second-order valence-electron chi connectivity index (χ2n) is 3.69. The maximum Gasteiger partial charge on any atom is 0.128 e. The average molecular weight is 256 g/mol. The van der Waals surface area contributed by atoms with Gasteiger partial charge in [0.2, 0.25) is 0 Å². The van der Waals surface area contributed by atoms with E-state index in [1.165, 1.54) is 10.4 Å². The molecule has 2 rings (SSSR count). The quantitative estimate of drug-likeness (QED) is 0.911. The highest BCUT2D eigenvalue weighted by atomic mass is 35.5. The lowest BCUT2D eigenvalue weighted by molar-refractivity contribution is 0.642. The van der Waals surface area contributed by atoms with Crippen LogP contribution in [0.4, 0.5) is 0 Å². The molecule has 2 aromatic heterocycles. The maximum atomic E-state index is 5.91. The summed E-state index contributed by atoms with van der Waals surface area (Å²) >= 11 is 7.69. The molecule has 0 spiro atoms. The van der Waals surface area contributed by atoms with Crippen LogP contribution in [0.3, 0.4) is 0 Å². The SMILES string of the molecule is Cc1ccsc1CNCc1ncc(Cl)n1C. The Labute approximate surface area is 104 Å². The molecular formula is C11H14ClN3S. The van der Waals surface area contributed by atoms with E-state index in [1.54, 1.807) is 17.5 Å². The molecule has 0 radical (unpaired) electrons. The van der Waals surface area contributed by atoms with Crippen molar-refractivity contribution in [3.8, 4) is 0 Å². The van der Waals surface area contributed by atoms with Crippen LogP contribution in [0.15, 0.2) is 17.6 Å². The number of nitrogens with one attached hydrogen (secondary N) is 1. The van der Waals surface area contributed by atoms with Crippen molar-refractivity contribution in [1.82, 2.24) is 14.9 Å². The van der Waals surface area contributed by atoms with Gasteiger partial charge >= 0.3 is 0 Å². The van der Waals surface area contributed by atoms with Gasteiger partial charge in [0, 0.05) is 18.5 Å². The van der Waals surface area contributed by atoms with E-state index in [2.05, 4.69) is 28.7 Å². The fraction of sp³-hybridized carbons (Fsp3) is 0.364. The second kappa shape index (κ2) is 4.99. The topological polar surface area (TPSA) is 29.9 Å². The van der Waals surface area contributed by atoms with Crippen LogP contribution in [0.5, 0.6) is 0 Å². The van der Waals surface area contributed by atoms with E-state index in [1.807, 2.05) is 11.6 Å². The Morgan fingerprint density at radius 3 is 2.88 bits per heavy atom. The molecule has 2 heterocycles. The summed E-state index contributed by atoms with van der Waals surface area (Å²) in [6.07, 6.45) is 1.68. The molecule has 0 bridgehead atoms. The predicted octanol–water partition coefficient (Wildman–Crippen LogP) is 2.73. The summed E-state index contributed by atoms with van der Waals surface area (Å²) < 4.78 is 1.88. The smallest absolute Gasteiger partial charge is 0.128 e. The fourth-order valence-electron chi connectivity index (χ4n) is 1.46. The molecule has 2 aromatic rings. The first-order chi connectivity index (χ1) is 7.68. The van der Waals surface area contributed by atoms with Gasteiger partial charge in [0.1, 0.15) is 11.0 Å². The molecular weight excluding hydrogens is 242 g/mol. The number of hydrogen-bond acceptors (Lipinski definition) is 3. The molecule has 3 nitrogen and oxygen atoms in total. The number of aromatic nitrogens is 2. The molecule has 0 aromatic carbocycles. The normalized spacial score (nSPS) is 10.9. The van der Waals surface area contributed by atoms with Crippen molar-refractivity contribution < 1.29 is 0 Å². The number of imidazole rings is 1. The third-order valence-electron chi connectivity index (χ3n) is 2.56. The van der Waals surface area contributed by atoms with Gasteiger partial charge in [0.05, 0.1) is 12.7 Å². The maximum absolute atomic E-state index is 5.91. The summed E-state index contributed by atoms with van der Waals surface area (Å²) in [4.78, 5) is 5.60. The number of aryl methyl sites for hydroxylation is 1. The zero-order valence-electron chi connectivity index (χ0n) is 9.33. The van der Waals surface area contributed by atoms with Crippen molar-refractivity contribution >= 4 is 22.9 Å². The van der Waals surface area contributed by atoms with Gasteiger partial charge in [-0.2, -0.15) is 0 Å². The highest BCUT2D eigenvalue weighted by molar-refractivity contribution is 7.10. The lowest BCUT2D eigenvalue weighted by Crippen LogP contribution is -2.15. The Morgan fingerprint density at radius 2 is 2.31 bits per heavy atom. The molecule has 0 aliphatic carbocycles. The Morgan fingerprint density at radius 1 is 1.50 bits per heavy atom. The van der Waals surface area contributed by atoms with Gasteiger partial charge in [-0.1, -0.05) is 11.6 Å². The molecule has 0 atom stereocenters. The Hall–Kier alpha value is -0.840. The van der Waals surface area contributed by atoms with Crippen LogP contribution in [0.2, 0.25) is 5.15 Å². The van der Waals surface area contributed by atoms with E-state index in [4.69, 9.17) is 11.6 Å². The largest absolute Gasteiger partial charge is 0.321 e. The van der Waals surface area contributed by atoms with Crippen molar-refractivity contribution in [2.45, 2.75) is 20.0 Å². The fourth-order valence-corrected chi connectivity index (χ4v) is 2.48. The van der Waals surface area contributed by atoms with Gasteiger partial charge in [-0.3, -0.25) is 0 Å². The Bertz CT molecular complexity index is 475. The van der Waals surface area contributed by atoms with Crippen LogP contribution >= 0.6 is 22.9 Å². The van der Waals surface area contributed by atoms with E-state index in [0.29, 0.717) is 5.15 Å². The highest BCUT2D eigenvalue weighted by Crippen LogP contribution is 2.15. The minimum atomic E-state index is 0.670. The molecule has 86 valence electrons.